The maximum atomic E-state index is 9.72. The van der Waals surface area contributed by atoms with Crippen LogP contribution in [-0.4, -0.2) is 14.9 Å². The molecule has 1 N–H and O–H groups in total. The molecule has 68 valence electrons. The van der Waals surface area contributed by atoms with Crippen LogP contribution in [0.15, 0.2) is 11.0 Å². The highest BCUT2D eigenvalue weighted by molar-refractivity contribution is 8.26. The van der Waals surface area contributed by atoms with Crippen molar-refractivity contribution in [2.45, 2.75) is 33.3 Å². The summed E-state index contributed by atoms with van der Waals surface area (Å²) < 4.78 is 0.944. The number of rotatable bonds is 1. The molecule has 0 bridgehead atoms. The lowest BCUT2D eigenvalue weighted by atomic mass is 9.93. The molecule has 0 aromatic rings. The zero-order chi connectivity index (χ0) is 9.57. The number of hydrogen-bond donors (Lipinski definition) is 1. The SMILES string of the molecule is CC(C)(O)C1=CC(C)(C)C(=S)S1. The number of aliphatic hydroxyl groups is 1. The minimum atomic E-state index is -0.748. The van der Waals surface area contributed by atoms with E-state index in [0.717, 1.165) is 9.10 Å². The second kappa shape index (κ2) is 2.82. The van der Waals surface area contributed by atoms with Crippen LogP contribution in [0, 0.1) is 5.41 Å². The molecule has 0 aromatic carbocycles. The Balaban J connectivity index is 2.95. The third-order valence-electron chi connectivity index (χ3n) is 1.82. The van der Waals surface area contributed by atoms with Crippen LogP contribution in [0.5, 0.6) is 0 Å². The summed E-state index contributed by atoms with van der Waals surface area (Å²) in [4.78, 5) is 0.970. The van der Waals surface area contributed by atoms with Gasteiger partial charge in [-0.25, -0.2) is 0 Å². The third-order valence-corrected chi connectivity index (χ3v) is 4.15. The number of thiocarbonyl (C=S) groups is 1. The topological polar surface area (TPSA) is 20.2 Å². The summed E-state index contributed by atoms with van der Waals surface area (Å²) in [6.07, 6.45) is 2.06. The van der Waals surface area contributed by atoms with Gasteiger partial charge in [-0.2, -0.15) is 0 Å². The Kier molecular flexibility index (Phi) is 2.41. The molecule has 0 unspecified atom stereocenters. The van der Waals surface area contributed by atoms with Crippen molar-refractivity contribution in [2.24, 2.45) is 5.41 Å². The molecular weight excluding hydrogens is 188 g/mol. The first-order valence-electron chi connectivity index (χ1n) is 3.91. The Morgan fingerprint density at radius 1 is 1.50 bits per heavy atom. The highest BCUT2D eigenvalue weighted by atomic mass is 32.2. The normalized spacial score (nSPS) is 22.8. The quantitative estimate of drug-likeness (QED) is 0.660. The fourth-order valence-corrected chi connectivity index (χ4v) is 2.40. The number of allylic oxidation sites excluding steroid dienone is 1. The van der Waals surface area contributed by atoms with Crippen LogP contribution in [0.2, 0.25) is 0 Å². The van der Waals surface area contributed by atoms with Crippen LogP contribution in [0.25, 0.3) is 0 Å². The molecule has 0 aromatic heterocycles. The van der Waals surface area contributed by atoms with Crippen LogP contribution in [0.4, 0.5) is 0 Å². The molecule has 1 nitrogen and oxygen atoms in total. The molecule has 0 saturated carbocycles. The Labute approximate surface area is 83.2 Å². The van der Waals surface area contributed by atoms with Gasteiger partial charge in [-0.3, -0.25) is 0 Å². The zero-order valence-corrected chi connectivity index (χ0v) is 9.47. The van der Waals surface area contributed by atoms with Crippen molar-refractivity contribution in [1.82, 2.24) is 0 Å². The lowest BCUT2D eigenvalue weighted by Crippen LogP contribution is -2.19. The van der Waals surface area contributed by atoms with Gasteiger partial charge in [0, 0.05) is 10.3 Å². The molecule has 0 saturated heterocycles. The second-order valence-electron chi connectivity index (χ2n) is 4.18. The molecule has 0 atom stereocenters. The lowest BCUT2D eigenvalue weighted by Gasteiger charge is -2.17. The van der Waals surface area contributed by atoms with Crippen LogP contribution >= 0.6 is 24.0 Å². The van der Waals surface area contributed by atoms with Crippen molar-refractivity contribution in [3.8, 4) is 0 Å². The van der Waals surface area contributed by atoms with Gasteiger partial charge < -0.3 is 5.11 Å². The molecule has 1 heterocycles. The second-order valence-corrected chi connectivity index (χ2v) is 5.90. The smallest absolute Gasteiger partial charge is 0.0899 e. The van der Waals surface area contributed by atoms with E-state index >= 15 is 0 Å². The van der Waals surface area contributed by atoms with Gasteiger partial charge in [-0.15, -0.1) is 0 Å². The van der Waals surface area contributed by atoms with Gasteiger partial charge in [0.2, 0.25) is 0 Å². The van der Waals surface area contributed by atoms with E-state index in [1.54, 1.807) is 13.8 Å². The molecule has 0 amide bonds. The average molecular weight is 202 g/mol. The minimum Gasteiger partial charge on any atom is -0.385 e. The van der Waals surface area contributed by atoms with Crippen LogP contribution in [0.1, 0.15) is 27.7 Å². The van der Waals surface area contributed by atoms with Crippen LogP contribution in [-0.2, 0) is 0 Å². The molecule has 1 aliphatic heterocycles. The average Bonchev–Trinajstić information content (AvgIpc) is 2.06. The predicted molar refractivity (Wildman–Crippen MR) is 58.4 cm³/mol. The fraction of sp³-hybridized carbons (Fsp3) is 0.667. The highest BCUT2D eigenvalue weighted by Crippen LogP contribution is 2.44. The molecule has 1 aliphatic rings. The highest BCUT2D eigenvalue weighted by Gasteiger charge is 2.35. The summed E-state index contributed by atoms with van der Waals surface area (Å²) in [6.45, 7) is 7.72. The first-order valence-corrected chi connectivity index (χ1v) is 5.14. The number of thioether (sulfide) groups is 1. The van der Waals surface area contributed by atoms with E-state index in [4.69, 9.17) is 12.2 Å². The first-order chi connectivity index (χ1) is 5.23. The molecular formula is C9H14OS2. The summed E-state index contributed by atoms with van der Waals surface area (Å²) >= 11 is 6.72. The standard InChI is InChI=1S/C9H14OS2/c1-8(2)5-6(9(3,4)10)12-7(8)11/h5,10H,1-4H3. The van der Waals surface area contributed by atoms with E-state index in [1.165, 1.54) is 11.8 Å². The van der Waals surface area contributed by atoms with E-state index in [-0.39, 0.29) is 5.41 Å². The lowest BCUT2D eigenvalue weighted by molar-refractivity contribution is 0.128. The zero-order valence-electron chi connectivity index (χ0n) is 7.84. The third kappa shape index (κ3) is 1.90. The van der Waals surface area contributed by atoms with E-state index in [0.29, 0.717) is 0 Å². The van der Waals surface area contributed by atoms with Crippen LogP contribution < -0.4 is 0 Å². The summed E-state index contributed by atoms with van der Waals surface area (Å²) in [7, 11) is 0. The van der Waals surface area contributed by atoms with Crippen molar-refractivity contribution >= 4 is 28.2 Å². The maximum Gasteiger partial charge on any atom is 0.0899 e. The molecule has 0 aliphatic carbocycles. The Hall–Kier alpha value is 0.140. The van der Waals surface area contributed by atoms with Crippen LogP contribution in [0.3, 0.4) is 0 Å². The minimum absolute atomic E-state index is 0.0463. The monoisotopic (exact) mass is 202 g/mol. The van der Waals surface area contributed by atoms with Gasteiger partial charge in [-0.05, 0) is 13.8 Å². The first kappa shape index (κ1) is 10.2. The van der Waals surface area contributed by atoms with Crippen molar-refractivity contribution in [1.29, 1.82) is 0 Å². The maximum absolute atomic E-state index is 9.72. The van der Waals surface area contributed by atoms with Gasteiger partial charge in [0.15, 0.2) is 0 Å². The van der Waals surface area contributed by atoms with Crippen molar-refractivity contribution in [2.75, 3.05) is 0 Å². The summed E-state index contributed by atoms with van der Waals surface area (Å²) in [6, 6.07) is 0. The molecule has 3 heteroatoms. The van der Waals surface area contributed by atoms with Gasteiger partial charge in [0.25, 0.3) is 0 Å². The van der Waals surface area contributed by atoms with Gasteiger partial charge >= 0.3 is 0 Å². The van der Waals surface area contributed by atoms with E-state index in [1.807, 2.05) is 0 Å². The van der Waals surface area contributed by atoms with Gasteiger partial charge in [0.1, 0.15) is 0 Å². The molecule has 1 rings (SSSR count). The Bertz CT molecular complexity index is 246. The van der Waals surface area contributed by atoms with Crippen molar-refractivity contribution < 1.29 is 5.11 Å². The van der Waals surface area contributed by atoms with Gasteiger partial charge in [0.05, 0.1) is 9.80 Å². The summed E-state index contributed by atoms with van der Waals surface area (Å²) in [5.41, 5.74) is -0.794. The molecule has 0 fully saturated rings. The van der Waals surface area contributed by atoms with Crippen molar-refractivity contribution in [3.05, 3.63) is 11.0 Å². The number of hydrogen-bond acceptors (Lipinski definition) is 3. The Morgan fingerprint density at radius 2 is 2.00 bits per heavy atom. The van der Waals surface area contributed by atoms with Crippen molar-refractivity contribution in [3.63, 3.8) is 0 Å². The predicted octanol–water partition coefficient (Wildman–Crippen LogP) is 2.74. The molecule has 12 heavy (non-hydrogen) atoms. The van der Waals surface area contributed by atoms with E-state index in [9.17, 15) is 5.11 Å². The largest absolute Gasteiger partial charge is 0.385 e. The molecule has 0 spiro atoms. The fourth-order valence-electron chi connectivity index (χ4n) is 0.949. The molecule has 0 radical (unpaired) electrons. The van der Waals surface area contributed by atoms with Gasteiger partial charge in [-0.1, -0.05) is 43.9 Å². The summed E-state index contributed by atoms with van der Waals surface area (Å²) in [5.74, 6) is 0. The Morgan fingerprint density at radius 3 is 2.17 bits per heavy atom. The van der Waals surface area contributed by atoms with E-state index in [2.05, 4.69) is 19.9 Å². The summed E-state index contributed by atoms with van der Waals surface area (Å²) in [5, 5.41) is 9.72. The van der Waals surface area contributed by atoms with E-state index < -0.39 is 5.60 Å².